The molecule has 0 saturated heterocycles. The van der Waals surface area contributed by atoms with Crippen LogP contribution in [0.15, 0.2) is 48.5 Å². The second-order valence-electron chi connectivity index (χ2n) is 8.13. The van der Waals surface area contributed by atoms with Crippen molar-refractivity contribution < 1.29 is 9.47 Å². The van der Waals surface area contributed by atoms with Crippen LogP contribution < -0.4 is 4.74 Å². The second kappa shape index (κ2) is 8.37. The highest BCUT2D eigenvalue weighted by atomic mass is 16.5. The van der Waals surface area contributed by atoms with Crippen molar-refractivity contribution in [3.05, 3.63) is 65.3 Å². The molecule has 0 aliphatic heterocycles. The van der Waals surface area contributed by atoms with E-state index < -0.39 is 0 Å². The lowest BCUT2D eigenvalue weighted by Crippen LogP contribution is -2.25. The van der Waals surface area contributed by atoms with E-state index in [0.29, 0.717) is 17.8 Å². The van der Waals surface area contributed by atoms with Gasteiger partial charge in [0.15, 0.2) is 0 Å². The molecule has 0 radical (unpaired) electrons. The van der Waals surface area contributed by atoms with Gasteiger partial charge in [-0.3, -0.25) is 4.98 Å². The van der Waals surface area contributed by atoms with E-state index in [2.05, 4.69) is 49.1 Å². The molecule has 0 aromatic carbocycles. The van der Waals surface area contributed by atoms with Crippen LogP contribution >= 0.6 is 0 Å². The van der Waals surface area contributed by atoms with E-state index in [0.717, 1.165) is 41.9 Å². The fourth-order valence-corrected chi connectivity index (χ4v) is 4.23. The maximum absolute atomic E-state index is 6.23. The topological polar surface area (TPSA) is 47.5 Å². The second-order valence-corrected chi connectivity index (χ2v) is 8.13. The Kier molecular flexibility index (Phi) is 5.67. The molecule has 5 heteroatoms. The van der Waals surface area contributed by atoms with E-state index in [4.69, 9.17) is 14.5 Å². The number of pyridine rings is 2. The summed E-state index contributed by atoms with van der Waals surface area (Å²) in [5.74, 6) is 2.74. The van der Waals surface area contributed by atoms with Crippen molar-refractivity contribution in [2.45, 2.75) is 38.6 Å². The average molecular weight is 392 g/mol. The molecule has 152 valence electrons. The van der Waals surface area contributed by atoms with E-state index >= 15 is 0 Å². The normalized spacial score (nSPS) is 21.3. The number of aryl methyl sites for hydroxylation is 1. The molecule has 0 N–H and O–H groups in total. The highest BCUT2D eigenvalue weighted by Gasteiger charge is 2.24. The van der Waals surface area contributed by atoms with Crippen molar-refractivity contribution in [2.75, 3.05) is 21.2 Å². The maximum Gasteiger partial charge on any atom is 0.227 e. The number of hydrogen-bond donors (Lipinski definition) is 0. The largest absolute Gasteiger partial charge is 0.500 e. The third-order valence-electron chi connectivity index (χ3n) is 5.76. The lowest BCUT2D eigenvalue weighted by molar-refractivity contribution is 0.261. The third-order valence-corrected chi connectivity index (χ3v) is 5.76. The maximum atomic E-state index is 6.23. The number of ether oxygens (including phenoxy) is 2. The number of nitrogens with zero attached hydrogens (tertiary/aromatic N) is 3. The lowest BCUT2D eigenvalue weighted by atomic mass is 9.91. The number of fused-ring (bicyclic) bond motifs is 1. The first-order chi connectivity index (χ1) is 14.1. The summed E-state index contributed by atoms with van der Waals surface area (Å²) in [6, 6.07) is 6.47. The van der Waals surface area contributed by atoms with Gasteiger partial charge in [-0.15, -0.1) is 0 Å². The molecule has 0 fully saturated rings. The first-order valence-electron chi connectivity index (χ1n) is 10.3. The van der Waals surface area contributed by atoms with Crippen LogP contribution in [0.2, 0.25) is 0 Å². The summed E-state index contributed by atoms with van der Waals surface area (Å²) < 4.78 is 11.9. The molecule has 2 atom stereocenters. The SMILES string of the molecule is COC1=C(c2cccnc2Oc2cnc3c(c2)CCCC3N(C)C)C=CC(C)C1. The summed E-state index contributed by atoms with van der Waals surface area (Å²) in [5.41, 5.74) is 4.42. The Labute approximate surface area is 173 Å². The van der Waals surface area contributed by atoms with E-state index in [1.807, 2.05) is 18.3 Å². The van der Waals surface area contributed by atoms with Crippen LogP contribution in [0.1, 0.15) is 49.0 Å². The monoisotopic (exact) mass is 391 g/mol. The fourth-order valence-electron chi connectivity index (χ4n) is 4.23. The Hall–Kier alpha value is -2.66. The van der Waals surface area contributed by atoms with Gasteiger partial charge in [0, 0.05) is 23.8 Å². The number of methoxy groups -OCH3 is 1. The molecule has 5 nitrogen and oxygen atoms in total. The van der Waals surface area contributed by atoms with Gasteiger partial charge in [-0.2, -0.15) is 0 Å². The minimum Gasteiger partial charge on any atom is -0.500 e. The van der Waals surface area contributed by atoms with Crippen LogP contribution in [-0.2, 0) is 11.2 Å². The zero-order chi connectivity index (χ0) is 20.4. The molecule has 2 aromatic heterocycles. The minimum atomic E-state index is 0.377. The van der Waals surface area contributed by atoms with E-state index in [9.17, 15) is 0 Å². The van der Waals surface area contributed by atoms with E-state index in [1.165, 1.54) is 17.7 Å². The Morgan fingerprint density at radius 3 is 2.86 bits per heavy atom. The van der Waals surface area contributed by atoms with Crippen LogP contribution in [0, 0.1) is 5.92 Å². The van der Waals surface area contributed by atoms with Gasteiger partial charge < -0.3 is 14.4 Å². The standard InChI is InChI=1S/C24H29N3O2/c1-16-10-11-19(22(13-16)28-4)20-8-6-12-25-24(20)29-18-14-17-7-5-9-21(27(2)3)23(17)26-15-18/h6,8,10-12,14-16,21H,5,7,9,13H2,1-4H3. The molecule has 0 amide bonds. The quantitative estimate of drug-likeness (QED) is 0.704. The van der Waals surface area contributed by atoms with Gasteiger partial charge in [0.1, 0.15) is 11.5 Å². The van der Waals surface area contributed by atoms with E-state index in [-0.39, 0.29) is 0 Å². The van der Waals surface area contributed by atoms with Gasteiger partial charge in [-0.05, 0) is 63.0 Å². The molecule has 4 rings (SSSR count). The molecule has 29 heavy (non-hydrogen) atoms. The Bertz CT molecular complexity index is 949. The Balaban J connectivity index is 1.66. The van der Waals surface area contributed by atoms with Crippen LogP contribution in [0.4, 0.5) is 0 Å². The molecule has 2 heterocycles. The molecule has 0 spiro atoms. The number of allylic oxidation sites excluding steroid dienone is 4. The van der Waals surface area contributed by atoms with Crippen LogP contribution in [-0.4, -0.2) is 36.1 Å². The van der Waals surface area contributed by atoms with Gasteiger partial charge in [0.05, 0.1) is 25.0 Å². The predicted octanol–water partition coefficient (Wildman–Crippen LogP) is 5.16. The van der Waals surface area contributed by atoms with Gasteiger partial charge in [0.2, 0.25) is 5.88 Å². The highest BCUT2D eigenvalue weighted by Crippen LogP contribution is 2.37. The number of hydrogen-bond acceptors (Lipinski definition) is 5. The van der Waals surface area contributed by atoms with Crippen molar-refractivity contribution in [2.24, 2.45) is 5.92 Å². The van der Waals surface area contributed by atoms with Crippen molar-refractivity contribution >= 4 is 5.57 Å². The van der Waals surface area contributed by atoms with E-state index in [1.54, 1.807) is 13.3 Å². The molecule has 0 bridgehead atoms. The van der Waals surface area contributed by atoms with Gasteiger partial charge >= 0.3 is 0 Å². The van der Waals surface area contributed by atoms with Crippen molar-refractivity contribution in [1.29, 1.82) is 0 Å². The van der Waals surface area contributed by atoms with Crippen molar-refractivity contribution in [1.82, 2.24) is 14.9 Å². The molecule has 2 aromatic rings. The highest BCUT2D eigenvalue weighted by molar-refractivity contribution is 5.79. The summed E-state index contributed by atoms with van der Waals surface area (Å²) in [7, 11) is 5.96. The molecule has 2 aliphatic carbocycles. The molecular weight excluding hydrogens is 362 g/mol. The lowest BCUT2D eigenvalue weighted by Gasteiger charge is -2.29. The van der Waals surface area contributed by atoms with Crippen molar-refractivity contribution in [3.8, 4) is 11.6 Å². The summed E-state index contributed by atoms with van der Waals surface area (Å²) in [4.78, 5) is 11.5. The molecular formula is C24H29N3O2. The van der Waals surface area contributed by atoms with Gasteiger partial charge in [0.25, 0.3) is 0 Å². The number of aromatic nitrogens is 2. The van der Waals surface area contributed by atoms with Crippen LogP contribution in [0.25, 0.3) is 5.57 Å². The third kappa shape index (κ3) is 4.06. The fraction of sp³-hybridized carbons (Fsp3) is 0.417. The predicted molar refractivity (Wildman–Crippen MR) is 115 cm³/mol. The summed E-state index contributed by atoms with van der Waals surface area (Å²) in [6.45, 7) is 2.19. The first kappa shape index (κ1) is 19.6. The van der Waals surface area contributed by atoms with Crippen molar-refractivity contribution in [3.63, 3.8) is 0 Å². The number of rotatable bonds is 5. The first-order valence-corrected chi connectivity index (χ1v) is 10.3. The zero-order valence-electron chi connectivity index (χ0n) is 17.7. The van der Waals surface area contributed by atoms with Crippen LogP contribution in [0.3, 0.4) is 0 Å². The smallest absolute Gasteiger partial charge is 0.227 e. The Morgan fingerprint density at radius 1 is 1.21 bits per heavy atom. The summed E-state index contributed by atoms with van der Waals surface area (Å²) >= 11 is 0. The van der Waals surface area contributed by atoms with Gasteiger partial charge in [-0.1, -0.05) is 19.1 Å². The average Bonchev–Trinajstić information content (AvgIpc) is 2.73. The Morgan fingerprint density at radius 2 is 2.07 bits per heavy atom. The molecule has 2 unspecified atom stereocenters. The van der Waals surface area contributed by atoms with Crippen LogP contribution in [0.5, 0.6) is 11.6 Å². The van der Waals surface area contributed by atoms with Gasteiger partial charge in [-0.25, -0.2) is 4.98 Å². The molecule has 2 aliphatic rings. The zero-order valence-corrected chi connectivity index (χ0v) is 17.7. The molecule has 0 saturated carbocycles. The summed E-state index contributed by atoms with van der Waals surface area (Å²) in [5, 5.41) is 0. The summed E-state index contributed by atoms with van der Waals surface area (Å²) in [6.07, 6.45) is 12.1. The minimum absolute atomic E-state index is 0.377.